The molecule has 214 valence electrons. The van der Waals surface area contributed by atoms with Gasteiger partial charge in [-0.05, 0) is 79.1 Å². The number of nitrogens with zero attached hydrogens (tertiary/aromatic N) is 1. The van der Waals surface area contributed by atoms with E-state index in [0.29, 0.717) is 35.3 Å². The molecule has 1 N–H and O–H groups in total. The molecule has 41 heavy (non-hydrogen) atoms. The molecule has 0 saturated carbocycles. The summed E-state index contributed by atoms with van der Waals surface area (Å²) >= 11 is 6.24. The third kappa shape index (κ3) is 5.34. The maximum atomic E-state index is 13.8. The van der Waals surface area contributed by atoms with Crippen LogP contribution in [-0.4, -0.2) is 51.2 Å². The lowest BCUT2D eigenvalue weighted by Gasteiger charge is -2.41. The third-order valence-electron chi connectivity index (χ3n) is 8.36. The van der Waals surface area contributed by atoms with Crippen molar-refractivity contribution in [1.29, 1.82) is 0 Å². The van der Waals surface area contributed by atoms with E-state index in [4.69, 9.17) is 25.8 Å². The quantitative estimate of drug-likeness (QED) is 0.377. The molecular weight excluding hydrogens is 540 g/mol. The molecule has 0 aliphatic carbocycles. The Morgan fingerprint density at radius 3 is 2.32 bits per heavy atom. The predicted octanol–water partition coefficient (Wildman–Crippen LogP) is 5.48. The Hall–Kier alpha value is -3.39. The summed E-state index contributed by atoms with van der Waals surface area (Å²) in [5, 5.41) is 4.05. The minimum absolute atomic E-state index is 0.0406. The first-order valence-electron chi connectivity index (χ1n) is 14.2. The normalized spacial score (nSPS) is 23.7. The van der Waals surface area contributed by atoms with Crippen molar-refractivity contribution < 1.29 is 23.8 Å². The van der Waals surface area contributed by atoms with Crippen LogP contribution in [0.15, 0.2) is 60.7 Å². The fraction of sp³-hybridized carbons (Fsp3) is 0.394. The van der Waals surface area contributed by atoms with Crippen LogP contribution in [0.25, 0.3) is 0 Å². The van der Waals surface area contributed by atoms with Crippen LogP contribution in [0.2, 0.25) is 5.02 Å². The molecular formula is C33H35ClN2O5. The van der Waals surface area contributed by atoms with Crippen LogP contribution in [0.1, 0.15) is 46.9 Å². The molecule has 0 radical (unpaired) electrons. The van der Waals surface area contributed by atoms with E-state index in [9.17, 15) is 9.59 Å². The van der Waals surface area contributed by atoms with Gasteiger partial charge < -0.3 is 24.4 Å². The van der Waals surface area contributed by atoms with Crippen LogP contribution in [0.5, 0.6) is 11.5 Å². The van der Waals surface area contributed by atoms with Gasteiger partial charge in [0.15, 0.2) is 17.3 Å². The average molecular weight is 575 g/mol. The van der Waals surface area contributed by atoms with Crippen molar-refractivity contribution in [1.82, 2.24) is 5.32 Å². The lowest BCUT2D eigenvalue weighted by atomic mass is 9.73. The smallest absolute Gasteiger partial charge is 0.232 e. The van der Waals surface area contributed by atoms with E-state index < -0.39 is 6.04 Å². The number of ketones is 1. The first-order chi connectivity index (χ1) is 19.8. The molecule has 2 fully saturated rings. The van der Waals surface area contributed by atoms with Gasteiger partial charge in [0, 0.05) is 47.1 Å². The van der Waals surface area contributed by atoms with Crippen LogP contribution in [0.4, 0.5) is 5.69 Å². The fourth-order valence-corrected chi connectivity index (χ4v) is 6.65. The summed E-state index contributed by atoms with van der Waals surface area (Å²) in [6, 6.07) is 18.6. The topological polar surface area (TPSA) is 77.1 Å². The second-order valence-electron chi connectivity index (χ2n) is 11.4. The summed E-state index contributed by atoms with van der Waals surface area (Å²) in [7, 11) is 1.61. The van der Waals surface area contributed by atoms with E-state index in [-0.39, 0.29) is 42.0 Å². The lowest BCUT2D eigenvalue weighted by molar-refractivity contribution is -0.118. The van der Waals surface area contributed by atoms with Gasteiger partial charge in [0.05, 0.1) is 38.9 Å². The number of hydrogen-bond acceptors (Lipinski definition) is 6. The van der Waals surface area contributed by atoms with Crippen molar-refractivity contribution in [2.24, 2.45) is 17.8 Å². The summed E-state index contributed by atoms with van der Waals surface area (Å²) in [5.74, 6) is 1.67. The summed E-state index contributed by atoms with van der Waals surface area (Å²) in [5.41, 5.74) is 4.18. The zero-order chi connectivity index (χ0) is 28.7. The molecule has 8 heteroatoms. The molecule has 1 amide bonds. The molecule has 2 saturated heterocycles. The minimum Gasteiger partial charge on any atom is -0.493 e. The summed E-state index contributed by atoms with van der Waals surface area (Å²) in [4.78, 5) is 29.3. The van der Waals surface area contributed by atoms with E-state index in [2.05, 4.69) is 5.32 Å². The predicted molar refractivity (Wildman–Crippen MR) is 158 cm³/mol. The van der Waals surface area contributed by atoms with E-state index in [1.54, 1.807) is 7.11 Å². The number of Topliss-reactive ketones (excluding diaryl/α,β-unsaturated/α-hetero) is 1. The SMILES string of the molecule is COc1cc2c(cc1OC(C)C)[C@H](c1ccc(Cl)cc1)N(c1ccc(C(=O)C3C4CNCC3COC4)cc1)C(=O)C2. The molecule has 0 spiro atoms. The number of halogens is 1. The molecule has 0 aromatic heterocycles. The Morgan fingerprint density at radius 1 is 1.00 bits per heavy atom. The Bertz CT molecular complexity index is 1420. The van der Waals surface area contributed by atoms with Crippen molar-refractivity contribution in [3.05, 3.63) is 87.9 Å². The van der Waals surface area contributed by atoms with Crippen LogP contribution in [-0.2, 0) is 16.0 Å². The standard InChI is InChI=1S/C33H35ClN2O5/c1-19(2)41-29-14-27-22(12-28(29)39-3)13-30(37)36(32(27)20-4-8-25(34)9-5-20)26-10-6-21(7-11-26)33(38)31-23-15-35-16-24(31)18-40-17-23/h4-12,14,19,23-24,31-32,35H,13,15-18H2,1-3H3/t23?,24?,31?,32-/m0/s1. The zero-order valence-corrected chi connectivity index (χ0v) is 24.3. The molecule has 3 aliphatic heterocycles. The van der Waals surface area contributed by atoms with Crippen molar-refractivity contribution in [2.45, 2.75) is 32.4 Å². The highest BCUT2D eigenvalue weighted by Crippen LogP contribution is 2.44. The van der Waals surface area contributed by atoms with Crippen molar-refractivity contribution in [2.75, 3.05) is 38.3 Å². The van der Waals surface area contributed by atoms with Crippen LogP contribution >= 0.6 is 11.6 Å². The Kier molecular flexibility index (Phi) is 7.77. The molecule has 2 bridgehead atoms. The molecule has 3 aromatic carbocycles. The number of hydrogen-bond donors (Lipinski definition) is 1. The van der Waals surface area contributed by atoms with Gasteiger partial charge >= 0.3 is 0 Å². The molecule has 3 aromatic rings. The highest BCUT2D eigenvalue weighted by atomic mass is 35.5. The van der Waals surface area contributed by atoms with Gasteiger partial charge in [-0.2, -0.15) is 0 Å². The monoisotopic (exact) mass is 574 g/mol. The van der Waals surface area contributed by atoms with Gasteiger partial charge in [0.25, 0.3) is 0 Å². The number of fused-ring (bicyclic) bond motifs is 3. The Morgan fingerprint density at radius 2 is 1.68 bits per heavy atom. The fourth-order valence-electron chi connectivity index (χ4n) is 6.52. The molecule has 3 aliphatic rings. The van der Waals surface area contributed by atoms with Gasteiger partial charge in [-0.1, -0.05) is 23.7 Å². The third-order valence-corrected chi connectivity index (χ3v) is 8.61. The molecule has 3 heterocycles. The number of amides is 1. The number of rotatable bonds is 7. The minimum atomic E-state index is -0.411. The van der Waals surface area contributed by atoms with Crippen LogP contribution in [0, 0.1) is 17.8 Å². The van der Waals surface area contributed by atoms with Gasteiger partial charge in [0.1, 0.15) is 0 Å². The number of ether oxygens (including phenoxy) is 3. The van der Waals surface area contributed by atoms with E-state index in [0.717, 1.165) is 35.5 Å². The maximum absolute atomic E-state index is 13.8. The second kappa shape index (κ2) is 11.5. The van der Waals surface area contributed by atoms with Crippen LogP contribution in [0.3, 0.4) is 0 Å². The van der Waals surface area contributed by atoms with Crippen molar-refractivity contribution in [3.8, 4) is 11.5 Å². The van der Waals surface area contributed by atoms with E-state index in [1.807, 2.05) is 79.4 Å². The van der Waals surface area contributed by atoms with Crippen LogP contribution < -0.4 is 19.7 Å². The number of carbonyl (C=O) groups excluding carboxylic acids is 2. The van der Waals surface area contributed by atoms with Gasteiger partial charge in [0.2, 0.25) is 5.91 Å². The molecule has 3 atom stereocenters. The first kappa shape index (κ1) is 27.8. The average Bonchev–Trinajstić information content (AvgIpc) is 2.96. The first-order valence-corrected chi connectivity index (χ1v) is 14.6. The van der Waals surface area contributed by atoms with Crippen molar-refractivity contribution >= 4 is 29.0 Å². The zero-order valence-electron chi connectivity index (χ0n) is 23.6. The van der Waals surface area contributed by atoms with Gasteiger partial charge in [-0.3, -0.25) is 9.59 Å². The Balaban J connectivity index is 1.38. The number of piperidine rings is 1. The van der Waals surface area contributed by atoms with Gasteiger partial charge in [-0.15, -0.1) is 0 Å². The second-order valence-corrected chi connectivity index (χ2v) is 11.9. The number of anilines is 1. The summed E-state index contributed by atoms with van der Waals surface area (Å²) in [6.45, 7) is 6.74. The van der Waals surface area contributed by atoms with E-state index in [1.165, 1.54) is 0 Å². The number of carbonyl (C=O) groups is 2. The number of benzene rings is 3. The highest BCUT2D eigenvalue weighted by Gasteiger charge is 2.42. The summed E-state index contributed by atoms with van der Waals surface area (Å²) < 4.78 is 17.5. The number of nitrogens with one attached hydrogen (secondary N) is 1. The maximum Gasteiger partial charge on any atom is 0.232 e. The lowest BCUT2D eigenvalue weighted by Crippen LogP contribution is -2.53. The molecule has 7 nitrogen and oxygen atoms in total. The van der Waals surface area contributed by atoms with Crippen molar-refractivity contribution in [3.63, 3.8) is 0 Å². The Labute approximate surface area is 245 Å². The summed E-state index contributed by atoms with van der Waals surface area (Å²) in [6.07, 6.45) is 0.171. The number of methoxy groups -OCH3 is 1. The molecule has 6 rings (SSSR count). The van der Waals surface area contributed by atoms with Gasteiger partial charge in [-0.25, -0.2) is 0 Å². The molecule has 2 unspecified atom stereocenters. The highest BCUT2D eigenvalue weighted by molar-refractivity contribution is 6.30. The van der Waals surface area contributed by atoms with E-state index >= 15 is 0 Å². The largest absolute Gasteiger partial charge is 0.493 e.